The number of pyridine rings is 1. The zero-order valence-corrected chi connectivity index (χ0v) is 10.2. The molecule has 0 aliphatic rings. The minimum absolute atomic E-state index is 0.0856. The van der Waals surface area contributed by atoms with Crippen molar-refractivity contribution in [3.05, 3.63) is 22.9 Å². The van der Waals surface area contributed by atoms with Crippen molar-refractivity contribution < 1.29 is 31.8 Å². The lowest BCUT2D eigenvalue weighted by molar-refractivity contribution is -0.276. The second kappa shape index (κ2) is 5.79. The summed E-state index contributed by atoms with van der Waals surface area (Å²) < 4.78 is 64.7. The summed E-state index contributed by atoms with van der Waals surface area (Å²) in [6.07, 6.45) is -8.06. The van der Waals surface area contributed by atoms with E-state index in [2.05, 4.69) is 25.7 Å². The maximum Gasteiger partial charge on any atom is 0.574 e. The van der Waals surface area contributed by atoms with Crippen molar-refractivity contribution in [3.8, 4) is 5.88 Å². The summed E-state index contributed by atoms with van der Waals surface area (Å²) in [4.78, 5) is 3.41. The molecule has 1 N–H and O–H groups in total. The van der Waals surface area contributed by atoms with Gasteiger partial charge in [-0.1, -0.05) is 15.9 Å². The Hall–Kier alpha value is -0.960. The number of aliphatic hydroxyl groups is 1. The second-order valence-corrected chi connectivity index (χ2v) is 3.68. The summed E-state index contributed by atoms with van der Waals surface area (Å²) >= 11 is 2.89. The molecule has 1 heterocycles. The van der Waals surface area contributed by atoms with Gasteiger partial charge in [0.25, 0.3) is 6.43 Å². The highest BCUT2D eigenvalue weighted by molar-refractivity contribution is 9.08. The highest BCUT2D eigenvalue weighted by Crippen LogP contribution is 2.31. The van der Waals surface area contributed by atoms with Crippen LogP contribution >= 0.6 is 15.9 Å². The molecular weight excluding hydrogens is 329 g/mol. The Balaban J connectivity index is 3.27. The Morgan fingerprint density at radius 1 is 1.39 bits per heavy atom. The maximum atomic E-state index is 12.7. The van der Waals surface area contributed by atoms with E-state index in [1.807, 2.05) is 0 Å². The monoisotopic (exact) mass is 335 g/mol. The summed E-state index contributed by atoms with van der Waals surface area (Å²) in [5.74, 6) is -0.982. The normalized spacial score (nSPS) is 12.0. The van der Waals surface area contributed by atoms with Crippen LogP contribution in [-0.2, 0) is 11.9 Å². The van der Waals surface area contributed by atoms with Crippen LogP contribution in [0, 0.1) is 0 Å². The maximum absolute atomic E-state index is 12.7. The molecule has 0 aliphatic heterocycles. The van der Waals surface area contributed by atoms with Crippen LogP contribution < -0.4 is 4.74 Å². The first-order valence-electron chi connectivity index (χ1n) is 4.52. The van der Waals surface area contributed by atoms with Crippen molar-refractivity contribution in [2.45, 2.75) is 24.7 Å². The third-order valence-corrected chi connectivity index (χ3v) is 2.49. The van der Waals surface area contributed by atoms with E-state index >= 15 is 0 Å². The van der Waals surface area contributed by atoms with Gasteiger partial charge in [-0.3, -0.25) is 0 Å². The van der Waals surface area contributed by atoms with Crippen molar-refractivity contribution in [2.24, 2.45) is 0 Å². The average Bonchev–Trinajstić information content (AvgIpc) is 2.25. The molecule has 1 aromatic heterocycles. The SMILES string of the molecule is OCc1c(C(F)F)cc(OC(F)(F)F)nc1CBr. The predicted octanol–water partition coefficient (Wildman–Crippen LogP) is 3.31. The number of hydrogen-bond donors (Lipinski definition) is 1. The van der Waals surface area contributed by atoms with Crippen LogP contribution in [0.3, 0.4) is 0 Å². The third-order valence-electron chi connectivity index (χ3n) is 1.96. The van der Waals surface area contributed by atoms with Gasteiger partial charge in [-0.05, 0) is 0 Å². The van der Waals surface area contributed by atoms with Gasteiger partial charge in [0.1, 0.15) is 0 Å². The van der Waals surface area contributed by atoms with E-state index in [-0.39, 0.29) is 16.6 Å². The molecule has 0 atom stereocenters. The molecule has 1 rings (SSSR count). The predicted molar refractivity (Wildman–Crippen MR) is 54.4 cm³/mol. The smallest absolute Gasteiger partial charge is 0.392 e. The molecule has 3 nitrogen and oxygen atoms in total. The van der Waals surface area contributed by atoms with E-state index in [0.29, 0.717) is 6.07 Å². The largest absolute Gasteiger partial charge is 0.574 e. The minimum Gasteiger partial charge on any atom is -0.392 e. The van der Waals surface area contributed by atoms with E-state index in [9.17, 15) is 22.0 Å². The van der Waals surface area contributed by atoms with Gasteiger partial charge in [-0.2, -0.15) is 0 Å². The van der Waals surface area contributed by atoms with Gasteiger partial charge in [0.2, 0.25) is 5.88 Å². The molecule has 9 heteroatoms. The highest BCUT2D eigenvalue weighted by atomic mass is 79.9. The van der Waals surface area contributed by atoms with Crippen LogP contribution in [0.5, 0.6) is 5.88 Å². The van der Waals surface area contributed by atoms with Crippen LogP contribution in [0.25, 0.3) is 0 Å². The molecule has 0 aliphatic carbocycles. The summed E-state index contributed by atoms with van der Waals surface area (Å²) in [5.41, 5.74) is -1.08. The molecular formula is C9H7BrF5NO2. The van der Waals surface area contributed by atoms with Crippen LogP contribution in [0.15, 0.2) is 6.07 Å². The van der Waals surface area contributed by atoms with Crippen molar-refractivity contribution >= 4 is 15.9 Å². The van der Waals surface area contributed by atoms with Gasteiger partial charge in [0.15, 0.2) is 0 Å². The fraction of sp³-hybridized carbons (Fsp3) is 0.444. The van der Waals surface area contributed by atoms with E-state index in [4.69, 9.17) is 5.11 Å². The first-order valence-corrected chi connectivity index (χ1v) is 5.64. The molecule has 0 fully saturated rings. The van der Waals surface area contributed by atoms with E-state index in [1.54, 1.807) is 0 Å². The van der Waals surface area contributed by atoms with Crippen LogP contribution in [0.2, 0.25) is 0 Å². The van der Waals surface area contributed by atoms with Crippen molar-refractivity contribution in [1.82, 2.24) is 4.98 Å². The standard InChI is InChI=1S/C9H7BrF5NO2/c10-2-6-5(3-17)4(8(11)12)1-7(16-6)18-9(13,14)15/h1,8,17H,2-3H2. The fourth-order valence-electron chi connectivity index (χ4n) is 1.28. The number of halogens is 6. The highest BCUT2D eigenvalue weighted by Gasteiger charge is 2.33. The topological polar surface area (TPSA) is 42.4 Å². The average molecular weight is 336 g/mol. The Labute approximate surface area is 107 Å². The van der Waals surface area contributed by atoms with Crippen molar-refractivity contribution in [3.63, 3.8) is 0 Å². The fourth-order valence-corrected chi connectivity index (χ4v) is 1.74. The second-order valence-electron chi connectivity index (χ2n) is 3.12. The number of aromatic nitrogens is 1. The lowest BCUT2D eigenvalue weighted by atomic mass is 10.1. The number of nitrogens with zero attached hydrogens (tertiary/aromatic N) is 1. The quantitative estimate of drug-likeness (QED) is 0.678. The van der Waals surface area contributed by atoms with Gasteiger partial charge >= 0.3 is 6.36 Å². The number of alkyl halides is 6. The first-order chi connectivity index (χ1) is 8.28. The van der Waals surface area contributed by atoms with Gasteiger partial charge in [0.05, 0.1) is 12.3 Å². The van der Waals surface area contributed by atoms with Crippen LogP contribution in [0.1, 0.15) is 23.2 Å². The Bertz CT molecular complexity index is 424. The van der Waals surface area contributed by atoms with Crippen LogP contribution in [0.4, 0.5) is 22.0 Å². The molecule has 0 radical (unpaired) electrons. The molecule has 0 spiro atoms. The van der Waals surface area contributed by atoms with Gasteiger partial charge in [-0.15, -0.1) is 13.2 Å². The lowest BCUT2D eigenvalue weighted by Crippen LogP contribution is -2.19. The van der Waals surface area contributed by atoms with E-state index in [1.165, 1.54) is 0 Å². The number of hydrogen-bond acceptors (Lipinski definition) is 3. The zero-order chi connectivity index (χ0) is 13.9. The molecule has 18 heavy (non-hydrogen) atoms. The number of ether oxygens (including phenoxy) is 1. The zero-order valence-electron chi connectivity index (χ0n) is 8.64. The molecule has 0 aromatic carbocycles. The minimum atomic E-state index is -5.02. The summed E-state index contributed by atoms with van der Waals surface area (Å²) in [5, 5.41) is 8.86. The Morgan fingerprint density at radius 3 is 2.39 bits per heavy atom. The number of rotatable bonds is 4. The number of aliphatic hydroxyl groups excluding tert-OH is 1. The van der Waals surface area contributed by atoms with Gasteiger partial charge < -0.3 is 9.84 Å². The molecule has 0 amide bonds. The van der Waals surface area contributed by atoms with Gasteiger partial charge in [0, 0.05) is 22.5 Å². The summed E-state index contributed by atoms with van der Waals surface area (Å²) in [7, 11) is 0. The van der Waals surface area contributed by atoms with E-state index < -0.39 is 30.8 Å². The molecule has 0 saturated heterocycles. The van der Waals surface area contributed by atoms with Crippen molar-refractivity contribution in [1.29, 1.82) is 0 Å². The molecule has 102 valence electrons. The molecule has 1 aromatic rings. The molecule has 0 bridgehead atoms. The summed E-state index contributed by atoms with van der Waals surface area (Å²) in [6.45, 7) is -0.750. The first kappa shape index (κ1) is 15.1. The van der Waals surface area contributed by atoms with E-state index in [0.717, 1.165) is 0 Å². The molecule has 0 saturated carbocycles. The summed E-state index contributed by atoms with van der Waals surface area (Å²) in [6, 6.07) is 0.468. The lowest BCUT2D eigenvalue weighted by Gasteiger charge is -2.14. The van der Waals surface area contributed by atoms with Gasteiger partial charge in [-0.25, -0.2) is 13.8 Å². The van der Waals surface area contributed by atoms with Crippen molar-refractivity contribution in [2.75, 3.05) is 0 Å². The van der Waals surface area contributed by atoms with Crippen LogP contribution in [-0.4, -0.2) is 16.5 Å². The Kier molecular flexibility index (Phi) is 4.85. The molecule has 0 unspecified atom stereocenters. The third kappa shape index (κ3) is 3.77. The Morgan fingerprint density at radius 2 is 2.00 bits per heavy atom.